The SMILES string of the molecule is CC1CCCC(CNC(C)C)(CN(C)CC(F)(F)F)C1. The van der Waals surface area contributed by atoms with Crippen molar-refractivity contribution in [3.05, 3.63) is 0 Å². The molecule has 0 aromatic heterocycles. The van der Waals surface area contributed by atoms with E-state index in [-0.39, 0.29) is 5.41 Å². The molecule has 1 aliphatic carbocycles. The van der Waals surface area contributed by atoms with Crippen LogP contribution < -0.4 is 5.32 Å². The highest BCUT2D eigenvalue weighted by Gasteiger charge is 2.38. The van der Waals surface area contributed by atoms with Gasteiger partial charge in [0, 0.05) is 19.1 Å². The van der Waals surface area contributed by atoms with Crippen molar-refractivity contribution in [1.29, 1.82) is 0 Å². The van der Waals surface area contributed by atoms with E-state index in [1.807, 2.05) is 0 Å². The molecule has 0 radical (unpaired) electrons. The standard InChI is InChI=1S/C15H29F3N2/c1-12(2)19-9-14(7-5-6-13(3)8-14)10-20(4)11-15(16,17)18/h12-13,19H,5-11H2,1-4H3. The van der Waals surface area contributed by atoms with E-state index >= 15 is 0 Å². The zero-order chi connectivity index (χ0) is 15.4. The lowest BCUT2D eigenvalue weighted by molar-refractivity contribution is -0.146. The largest absolute Gasteiger partial charge is 0.401 e. The number of rotatable bonds is 6. The molecule has 2 unspecified atom stereocenters. The Labute approximate surface area is 121 Å². The Kier molecular flexibility index (Phi) is 6.32. The van der Waals surface area contributed by atoms with Crippen LogP contribution in [0.25, 0.3) is 0 Å². The Balaban J connectivity index is 2.66. The molecule has 0 aliphatic heterocycles. The van der Waals surface area contributed by atoms with Crippen molar-refractivity contribution in [3.8, 4) is 0 Å². The van der Waals surface area contributed by atoms with Gasteiger partial charge in [-0.2, -0.15) is 13.2 Å². The molecule has 2 nitrogen and oxygen atoms in total. The van der Waals surface area contributed by atoms with Crippen LogP contribution >= 0.6 is 0 Å². The summed E-state index contributed by atoms with van der Waals surface area (Å²) in [5.74, 6) is 0.608. The number of hydrogen-bond donors (Lipinski definition) is 1. The molecule has 0 aromatic carbocycles. The number of hydrogen-bond acceptors (Lipinski definition) is 2. The summed E-state index contributed by atoms with van der Waals surface area (Å²) >= 11 is 0. The van der Waals surface area contributed by atoms with Gasteiger partial charge in [0.25, 0.3) is 0 Å². The van der Waals surface area contributed by atoms with Crippen molar-refractivity contribution >= 4 is 0 Å². The molecule has 0 spiro atoms. The summed E-state index contributed by atoms with van der Waals surface area (Å²) < 4.78 is 37.6. The van der Waals surface area contributed by atoms with E-state index < -0.39 is 12.7 Å². The van der Waals surface area contributed by atoms with E-state index in [2.05, 4.69) is 26.1 Å². The van der Waals surface area contributed by atoms with Gasteiger partial charge in [-0.1, -0.05) is 33.6 Å². The number of nitrogens with one attached hydrogen (secondary N) is 1. The first-order chi connectivity index (χ1) is 9.12. The van der Waals surface area contributed by atoms with Crippen LogP contribution in [-0.2, 0) is 0 Å². The minimum Gasteiger partial charge on any atom is -0.314 e. The van der Waals surface area contributed by atoms with E-state index in [4.69, 9.17) is 0 Å². The minimum atomic E-state index is -4.11. The van der Waals surface area contributed by atoms with Crippen LogP contribution in [0, 0.1) is 11.3 Å². The van der Waals surface area contributed by atoms with Gasteiger partial charge in [0.05, 0.1) is 6.54 Å². The van der Waals surface area contributed by atoms with Crippen LogP contribution in [0.1, 0.15) is 46.5 Å². The van der Waals surface area contributed by atoms with Crippen molar-refractivity contribution in [1.82, 2.24) is 10.2 Å². The molecule has 1 saturated carbocycles. The first-order valence-corrected chi connectivity index (χ1v) is 7.61. The lowest BCUT2D eigenvalue weighted by Crippen LogP contribution is -2.48. The van der Waals surface area contributed by atoms with Gasteiger partial charge < -0.3 is 5.32 Å². The average molecular weight is 294 g/mol. The lowest BCUT2D eigenvalue weighted by Gasteiger charge is -2.43. The zero-order valence-electron chi connectivity index (χ0n) is 13.2. The molecule has 0 heterocycles. The zero-order valence-corrected chi connectivity index (χ0v) is 13.2. The molecule has 1 fully saturated rings. The highest BCUT2D eigenvalue weighted by Crippen LogP contribution is 2.39. The van der Waals surface area contributed by atoms with E-state index in [1.165, 1.54) is 11.3 Å². The number of alkyl halides is 3. The van der Waals surface area contributed by atoms with Crippen molar-refractivity contribution in [2.24, 2.45) is 11.3 Å². The normalized spacial score (nSPS) is 28.4. The number of nitrogens with zero attached hydrogens (tertiary/aromatic N) is 1. The van der Waals surface area contributed by atoms with Gasteiger partial charge in [-0.3, -0.25) is 4.90 Å². The van der Waals surface area contributed by atoms with Crippen LogP contribution in [0.2, 0.25) is 0 Å². The van der Waals surface area contributed by atoms with Crippen molar-refractivity contribution in [2.45, 2.75) is 58.7 Å². The monoisotopic (exact) mass is 294 g/mol. The van der Waals surface area contributed by atoms with Crippen LogP contribution in [0.15, 0.2) is 0 Å². The molecule has 0 saturated heterocycles. The maximum Gasteiger partial charge on any atom is 0.401 e. The Bertz CT molecular complexity index is 291. The molecule has 1 rings (SSSR count). The third kappa shape index (κ3) is 6.44. The predicted molar refractivity (Wildman–Crippen MR) is 76.8 cm³/mol. The molecule has 1 N–H and O–H groups in total. The summed E-state index contributed by atoms with van der Waals surface area (Å²) in [6.07, 6.45) is 0.267. The van der Waals surface area contributed by atoms with Crippen LogP contribution in [0.3, 0.4) is 0 Å². The number of halogens is 3. The molecule has 0 aromatic rings. The van der Waals surface area contributed by atoms with E-state index in [0.29, 0.717) is 18.5 Å². The molecule has 5 heteroatoms. The van der Waals surface area contributed by atoms with Gasteiger partial charge in [0.2, 0.25) is 0 Å². The minimum absolute atomic E-state index is 0.0120. The van der Waals surface area contributed by atoms with Gasteiger partial charge in [0.15, 0.2) is 0 Å². The predicted octanol–water partition coefficient (Wildman–Crippen LogP) is 3.68. The molecule has 120 valence electrons. The first kappa shape index (κ1) is 17.8. The Morgan fingerprint density at radius 1 is 1.35 bits per heavy atom. The van der Waals surface area contributed by atoms with Gasteiger partial charge in [-0.25, -0.2) is 0 Å². The third-order valence-electron chi connectivity index (χ3n) is 4.13. The van der Waals surface area contributed by atoms with Crippen LogP contribution in [-0.4, -0.2) is 43.8 Å². The van der Waals surface area contributed by atoms with Crippen molar-refractivity contribution in [2.75, 3.05) is 26.7 Å². The van der Waals surface area contributed by atoms with Crippen molar-refractivity contribution < 1.29 is 13.2 Å². The Morgan fingerprint density at radius 2 is 2.00 bits per heavy atom. The fourth-order valence-corrected chi connectivity index (χ4v) is 3.48. The first-order valence-electron chi connectivity index (χ1n) is 7.61. The third-order valence-corrected chi connectivity index (χ3v) is 4.13. The van der Waals surface area contributed by atoms with E-state index in [1.54, 1.807) is 7.05 Å². The summed E-state index contributed by atoms with van der Waals surface area (Å²) in [6.45, 7) is 6.91. The van der Waals surface area contributed by atoms with Crippen molar-refractivity contribution in [3.63, 3.8) is 0 Å². The maximum atomic E-state index is 12.5. The second-order valence-corrected chi connectivity index (χ2v) is 7.02. The highest BCUT2D eigenvalue weighted by molar-refractivity contribution is 4.90. The molecule has 1 aliphatic rings. The van der Waals surface area contributed by atoms with Gasteiger partial charge in [-0.05, 0) is 31.2 Å². The molecule has 2 atom stereocenters. The summed E-state index contributed by atoms with van der Waals surface area (Å²) in [7, 11) is 1.59. The summed E-state index contributed by atoms with van der Waals surface area (Å²) in [5, 5.41) is 3.44. The van der Waals surface area contributed by atoms with E-state index in [0.717, 1.165) is 25.8 Å². The fraction of sp³-hybridized carbons (Fsp3) is 1.00. The molecular weight excluding hydrogens is 265 g/mol. The molecule has 20 heavy (non-hydrogen) atoms. The van der Waals surface area contributed by atoms with Crippen LogP contribution in [0.4, 0.5) is 13.2 Å². The smallest absolute Gasteiger partial charge is 0.314 e. The molecular formula is C15H29F3N2. The van der Waals surface area contributed by atoms with Gasteiger partial charge >= 0.3 is 6.18 Å². The quantitative estimate of drug-likeness (QED) is 0.804. The van der Waals surface area contributed by atoms with Gasteiger partial charge in [-0.15, -0.1) is 0 Å². The summed E-state index contributed by atoms with van der Waals surface area (Å²) in [6, 6.07) is 0.372. The maximum absolute atomic E-state index is 12.5. The second kappa shape index (κ2) is 7.12. The topological polar surface area (TPSA) is 15.3 Å². The Hall–Kier alpha value is -0.290. The lowest BCUT2D eigenvalue weighted by atomic mass is 9.69. The molecule has 0 amide bonds. The van der Waals surface area contributed by atoms with Crippen LogP contribution in [0.5, 0.6) is 0 Å². The molecule has 0 bridgehead atoms. The van der Waals surface area contributed by atoms with Gasteiger partial charge in [0.1, 0.15) is 0 Å². The highest BCUT2D eigenvalue weighted by atomic mass is 19.4. The summed E-state index contributed by atoms with van der Waals surface area (Å²) in [4.78, 5) is 1.44. The fourth-order valence-electron chi connectivity index (χ4n) is 3.48. The Morgan fingerprint density at radius 3 is 2.50 bits per heavy atom. The summed E-state index contributed by atoms with van der Waals surface area (Å²) in [5.41, 5.74) is -0.0120. The van der Waals surface area contributed by atoms with E-state index in [9.17, 15) is 13.2 Å². The second-order valence-electron chi connectivity index (χ2n) is 7.02. The average Bonchev–Trinajstić information content (AvgIpc) is 2.23.